The second-order valence-electron chi connectivity index (χ2n) is 8.60. The first-order valence-corrected chi connectivity index (χ1v) is 11.6. The number of benzene rings is 2. The lowest BCUT2D eigenvalue weighted by Crippen LogP contribution is -2.53. The first-order chi connectivity index (χ1) is 15.2. The molecule has 2 aromatic carbocycles. The van der Waals surface area contributed by atoms with Crippen LogP contribution in [0.2, 0.25) is 10.0 Å². The van der Waals surface area contributed by atoms with Crippen LogP contribution in [0.3, 0.4) is 0 Å². The van der Waals surface area contributed by atoms with Gasteiger partial charge in [-0.3, -0.25) is 9.59 Å². The van der Waals surface area contributed by atoms with Gasteiger partial charge in [0.25, 0.3) is 0 Å². The highest BCUT2D eigenvalue weighted by Crippen LogP contribution is 2.51. The van der Waals surface area contributed by atoms with Crippen molar-refractivity contribution in [3.8, 4) is 0 Å². The lowest BCUT2D eigenvalue weighted by Gasteiger charge is -2.49. The third-order valence-corrected chi connectivity index (χ3v) is 6.51. The topological polar surface area (TPSA) is 66.8 Å². The van der Waals surface area contributed by atoms with E-state index in [-0.39, 0.29) is 24.3 Å². The van der Waals surface area contributed by atoms with Crippen molar-refractivity contribution in [2.45, 2.75) is 45.1 Å². The number of aliphatic carboxylic acids is 1. The number of halogens is 2. The minimum Gasteiger partial charge on any atom is -0.481 e. The molecule has 0 radical (unpaired) electrons. The molecule has 3 rings (SSSR count). The molecule has 1 aliphatic heterocycles. The van der Waals surface area contributed by atoms with Crippen LogP contribution in [0.4, 0.5) is 0 Å². The smallest absolute Gasteiger partial charge is 0.304 e. The third kappa shape index (κ3) is 5.64. The number of piperidine rings is 1. The molecular formula is C25H29Cl2NO4. The van der Waals surface area contributed by atoms with E-state index in [4.69, 9.17) is 27.9 Å². The lowest BCUT2D eigenvalue weighted by atomic mass is 9.67. The maximum atomic E-state index is 13.7. The van der Waals surface area contributed by atoms with Crippen LogP contribution in [0, 0.1) is 5.41 Å². The average molecular weight is 478 g/mol. The van der Waals surface area contributed by atoms with Crippen LogP contribution in [0.25, 0.3) is 0 Å². The second-order valence-corrected chi connectivity index (χ2v) is 9.48. The van der Waals surface area contributed by atoms with Crippen molar-refractivity contribution < 1.29 is 19.4 Å². The maximum Gasteiger partial charge on any atom is 0.304 e. The fourth-order valence-corrected chi connectivity index (χ4v) is 4.94. The molecule has 0 unspecified atom stereocenters. The Morgan fingerprint density at radius 2 is 1.84 bits per heavy atom. The van der Waals surface area contributed by atoms with E-state index in [2.05, 4.69) is 0 Å². The van der Waals surface area contributed by atoms with Gasteiger partial charge < -0.3 is 14.7 Å². The summed E-state index contributed by atoms with van der Waals surface area (Å²) >= 11 is 12.4. The molecule has 7 heteroatoms. The fraction of sp³-hybridized carbons (Fsp3) is 0.440. The number of likely N-dealkylation sites (tertiary alicyclic amines) is 1. The second kappa shape index (κ2) is 10.7. The number of nitrogens with zero attached hydrogens (tertiary/aromatic N) is 1. The summed E-state index contributed by atoms with van der Waals surface area (Å²) in [6.45, 7) is 5.14. The zero-order valence-corrected chi connectivity index (χ0v) is 19.9. The third-order valence-electron chi connectivity index (χ3n) is 6.02. The molecule has 1 heterocycles. The Hall–Kier alpha value is -2.08. The molecule has 0 aromatic heterocycles. The number of carbonyl (C=O) groups is 2. The van der Waals surface area contributed by atoms with Gasteiger partial charge in [0.15, 0.2) is 0 Å². The number of ether oxygens (including phenoxy) is 1. The van der Waals surface area contributed by atoms with Gasteiger partial charge in [0.1, 0.15) is 0 Å². The standard InChI is InChI=1S/C25H29Cl2NO4/c1-3-12-32-13-11-28-23(17-7-9-19(26)10-8-17)21(18-5-4-6-20(27)14-18)15-25(2,24(28)31)16-22(29)30/h4-10,14,21,23H,3,11-13,15-16H2,1-2H3,(H,29,30)/t21-,23-,25-/m1/s1. The van der Waals surface area contributed by atoms with Crippen LogP contribution in [-0.4, -0.2) is 41.6 Å². The summed E-state index contributed by atoms with van der Waals surface area (Å²) in [5, 5.41) is 10.8. The van der Waals surface area contributed by atoms with Gasteiger partial charge in [0, 0.05) is 29.1 Å². The minimum atomic E-state index is -1.04. The minimum absolute atomic E-state index is 0.136. The van der Waals surface area contributed by atoms with E-state index < -0.39 is 11.4 Å². The Balaban J connectivity index is 2.09. The van der Waals surface area contributed by atoms with Gasteiger partial charge in [-0.05, 0) is 48.2 Å². The van der Waals surface area contributed by atoms with E-state index in [0.717, 1.165) is 17.5 Å². The van der Waals surface area contributed by atoms with Gasteiger partial charge in [-0.2, -0.15) is 0 Å². The zero-order valence-electron chi connectivity index (χ0n) is 18.4. The number of amides is 1. The number of hydrogen-bond donors (Lipinski definition) is 1. The summed E-state index contributed by atoms with van der Waals surface area (Å²) < 4.78 is 5.69. The van der Waals surface area contributed by atoms with Gasteiger partial charge in [0.2, 0.25) is 5.91 Å². The lowest BCUT2D eigenvalue weighted by molar-refractivity contribution is -0.158. The van der Waals surface area contributed by atoms with Crippen LogP contribution >= 0.6 is 23.2 Å². The van der Waals surface area contributed by atoms with Gasteiger partial charge in [-0.1, -0.05) is 61.3 Å². The molecule has 5 nitrogen and oxygen atoms in total. The molecule has 1 aliphatic rings. The molecular weight excluding hydrogens is 449 g/mol. The Bertz CT molecular complexity index is 949. The molecule has 0 aliphatic carbocycles. The van der Waals surface area contributed by atoms with Crippen molar-refractivity contribution in [3.63, 3.8) is 0 Å². The van der Waals surface area contributed by atoms with Crippen LogP contribution in [-0.2, 0) is 14.3 Å². The fourth-order valence-electron chi connectivity index (χ4n) is 4.62. The van der Waals surface area contributed by atoms with Crippen molar-refractivity contribution >= 4 is 35.1 Å². The quantitative estimate of drug-likeness (QED) is 0.452. The van der Waals surface area contributed by atoms with E-state index in [0.29, 0.717) is 36.2 Å². The van der Waals surface area contributed by atoms with E-state index in [1.165, 1.54) is 0 Å². The van der Waals surface area contributed by atoms with Gasteiger partial charge in [0.05, 0.1) is 24.5 Å². The molecule has 1 fully saturated rings. The normalized spacial score (nSPS) is 23.4. The molecule has 1 saturated heterocycles. The summed E-state index contributed by atoms with van der Waals surface area (Å²) in [4.78, 5) is 27.2. The predicted molar refractivity (Wildman–Crippen MR) is 126 cm³/mol. The zero-order chi connectivity index (χ0) is 23.3. The van der Waals surface area contributed by atoms with Crippen molar-refractivity contribution in [2.75, 3.05) is 19.8 Å². The molecule has 1 amide bonds. The summed E-state index contributed by atoms with van der Waals surface area (Å²) in [6, 6.07) is 14.8. The molecule has 1 N–H and O–H groups in total. The highest BCUT2D eigenvalue weighted by molar-refractivity contribution is 6.30. The number of carbonyl (C=O) groups excluding carboxylic acids is 1. The van der Waals surface area contributed by atoms with Crippen molar-refractivity contribution in [1.29, 1.82) is 0 Å². The first kappa shape index (κ1) is 24.6. The van der Waals surface area contributed by atoms with Gasteiger partial charge in [-0.25, -0.2) is 0 Å². The van der Waals surface area contributed by atoms with Crippen LogP contribution in [0.5, 0.6) is 0 Å². The molecule has 172 valence electrons. The largest absolute Gasteiger partial charge is 0.481 e. The molecule has 32 heavy (non-hydrogen) atoms. The van der Waals surface area contributed by atoms with E-state index in [1.54, 1.807) is 11.8 Å². The van der Waals surface area contributed by atoms with E-state index >= 15 is 0 Å². The van der Waals surface area contributed by atoms with Crippen LogP contribution < -0.4 is 0 Å². The monoisotopic (exact) mass is 477 g/mol. The van der Waals surface area contributed by atoms with E-state index in [9.17, 15) is 14.7 Å². The van der Waals surface area contributed by atoms with Crippen molar-refractivity contribution in [2.24, 2.45) is 5.41 Å². The Kier molecular flexibility index (Phi) is 8.21. The number of carboxylic acids is 1. The molecule has 0 bridgehead atoms. The predicted octanol–water partition coefficient (Wildman–Crippen LogP) is 5.96. The summed E-state index contributed by atoms with van der Waals surface area (Å²) in [5.41, 5.74) is 0.883. The SMILES string of the molecule is CCCOCCN1C(=O)[C@@](C)(CC(=O)O)C[C@H](c2cccc(Cl)c2)[C@H]1c1ccc(Cl)cc1. The van der Waals surface area contributed by atoms with E-state index in [1.807, 2.05) is 55.5 Å². The van der Waals surface area contributed by atoms with Crippen LogP contribution in [0.1, 0.15) is 56.2 Å². The van der Waals surface area contributed by atoms with Gasteiger partial charge in [-0.15, -0.1) is 0 Å². The van der Waals surface area contributed by atoms with Crippen molar-refractivity contribution in [3.05, 3.63) is 69.7 Å². The summed E-state index contributed by atoms with van der Waals surface area (Å²) in [5.74, 6) is -1.29. The maximum absolute atomic E-state index is 13.7. The molecule has 0 saturated carbocycles. The van der Waals surface area contributed by atoms with Crippen molar-refractivity contribution in [1.82, 2.24) is 4.90 Å². The Labute approximate surface area is 199 Å². The number of hydrogen-bond acceptors (Lipinski definition) is 3. The number of rotatable bonds is 9. The first-order valence-electron chi connectivity index (χ1n) is 10.9. The highest BCUT2D eigenvalue weighted by Gasteiger charge is 2.50. The Morgan fingerprint density at radius 1 is 1.12 bits per heavy atom. The highest BCUT2D eigenvalue weighted by atomic mass is 35.5. The summed E-state index contributed by atoms with van der Waals surface area (Å²) in [6.07, 6.45) is 1.05. The average Bonchev–Trinajstić information content (AvgIpc) is 2.74. The molecule has 0 spiro atoms. The molecule has 3 atom stereocenters. The van der Waals surface area contributed by atoms with Crippen LogP contribution in [0.15, 0.2) is 48.5 Å². The molecule has 2 aromatic rings. The summed E-state index contributed by atoms with van der Waals surface area (Å²) in [7, 11) is 0. The number of carboxylic acid groups (broad SMARTS) is 1. The Morgan fingerprint density at radius 3 is 2.47 bits per heavy atom. The van der Waals surface area contributed by atoms with Gasteiger partial charge >= 0.3 is 5.97 Å².